The molecule has 0 spiro atoms. The molecule has 2 heterocycles. The largest absolute Gasteiger partial charge is 0.407 e. The molecule has 0 amide bonds. The van der Waals surface area contributed by atoms with Crippen molar-refractivity contribution in [1.29, 1.82) is 0 Å². The molecule has 1 aliphatic heterocycles. The van der Waals surface area contributed by atoms with Crippen LogP contribution in [0.5, 0.6) is 0 Å². The predicted molar refractivity (Wildman–Crippen MR) is 93.9 cm³/mol. The number of nitrogens with zero attached hydrogens (tertiary/aromatic N) is 3. The topological polar surface area (TPSA) is 55.0 Å². The summed E-state index contributed by atoms with van der Waals surface area (Å²) < 4.78 is 39.0. The van der Waals surface area contributed by atoms with Crippen molar-refractivity contribution in [3.05, 3.63) is 41.1 Å². The van der Waals surface area contributed by atoms with Crippen LogP contribution in [0.1, 0.15) is 42.6 Å². The van der Waals surface area contributed by atoms with Crippen molar-refractivity contribution >= 4 is 5.95 Å². The van der Waals surface area contributed by atoms with Crippen molar-refractivity contribution in [3.8, 4) is 11.3 Å². The van der Waals surface area contributed by atoms with Gasteiger partial charge in [-0.05, 0) is 44.2 Å². The van der Waals surface area contributed by atoms with Crippen LogP contribution in [-0.4, -0.2) is 28.7 Å². The molecular weight excluding hydrogens is 341 g/mol. The third kappa shape index (κ3) is 2.94. The van der Waals surface area contributed by atoms with E-state index in [0.29, 0.717) is 17.6 Å². The molecule has 138 valence electrons. The van der Waals surface area contributed by atoms with Crippen molar-refractivity contribution < 1.29 is 13.2 Å². The van der Waals surface area contributed by atoms with E-state index in [-0.39, 0.29) is 5.56 Å². The third-order valence-electron chi connectivity index (χ3n) is 5.37. The van der Waals surface area contributed by atoms with E-state index in [2.05, 4.69) is 11.8 Å². The van der Waals surface area contributed by atoms with Crippen LogP contribution in [0.15, 0.2) is 24.3 Å². The van der Waals surface area contributed by atoms with E-state index in [1.165, 1.54) is 12.1 Å². The Morgan fingerprint density at radius 1 is 1.23 bits per heavy atom. The van der Waals surface area contributed by atoms with Gasteiger partial charge in [0.05, 0.1) is 5.69 Å². The Morgan fingerprint density at radius 2 is 2.04 bits per heavy atom. The summed E-state index contributed by atoms with van der Waals surface area (Å²) >= 11 is 0. The van der Waals surface area contributed by atoms with Crippen LogP contribution in [0.25, 0.3) is 11.3 Å². The average molecular weight is 362 g/mol. The molecule has 4 nitrogen and oxygen atoms in total. The van der Waals surface area contributed by atoms with Crippen LogP contribution in [0.3, 0.4) is 0 Å². The molecule has 2 N–H and O–H groups in total. The van der Waals surface area contributed by atoms with Gasteiger partial charge >= 0.3 is 6.18 Å². The van der Waals surface area contributed by atoms with Gasteiger partial charge in [-0.1, -0.05) is 18.2 Å². The van der Waals surface area contributed by atoms with Gasteiger partial charge < -0.3 is 10.6 Å². The second-order valence-electron chi connectivity index (χ2n) is 7.13. The van der Waals surface area contributed by atoms with E-state index in [1.807, 2.05) is 0 Å². The highest BCUT2D eigenvalue weighted by molar-refractivity contribution is 5.67. The van der Waals surface area contributed by atoms with Gasteiger partial charge in [0.2, 0.25) is 5.95 Å². The standard InChI is InChI=1S/C19H21F3N4/c1-11-8-9-26(11)18-24-15-7-3-6-14(15)16(25-18)12-4-2-5-13(10-12)17(23)19(20,21)22/h2,4-5,10-11,17H,3,6-9,23H2,1H3/t11-,17?/m0/s1. The van der Waals surface area contributed by atoms with Gasteiger partial charge in [-0.2, -0.15) is 13.2 Å². The zero-order chi connectivity index (χ0) is 18.5. The quantitative estimate of drug-likeness (QED) is 0.903. The fourth-order valence-corrected chi connectivity index (χ4v) is 3.67. The van der Waals surface area contributed by atoms with Crippen molar-refractivity contribution in [3.63, 3.8) is 0 Å². The molecule has 7 heteroatoms. The van der Waals surface area contributed by atoms with Gasteiger partial charge in [0.15, 0.2) is 0 Å². The first-order chi connectivity index (χ1) is 12.3. The summed E-state index contributed by atoms with van der Waals surface area (Å²) in [4.78, 5) is 11.6. The summed E-state index contributed by atoms with van der Waals surface area (Å²) in [7, 11) is 0. The predicted octanol–water partition coefficient (Wildman–Crippen LogP) is 3.79. The smallest absolute Gasteiger partial charge is 0.338 e. The third-order valence-corrected chi connectivity index (χ3v) is 5.37. The Bertz CT molecular complexity index is 834. The first-order valence-electron chi connectivity index (χ1n) is 8.93. The number of halogens is 3. The van der Waals surface area contributed by atoms with Gasteiger partial charge in [-0.15, -0.1) is 0 Å². The molecule has 1 fully saturated rings. The van der Waals surface area contributed by atoms with Crippen LogP contribution >= 0.6 is 0 Å². The second kappa shape index (κ2) is 6.23. The molecule has 0 bridgehead atoms. The zero-order valence-corrected chi connectivity index (χ0v) is 14.6. The molecule has 2 aliphatic rings. The molecule has 1 aliphatic carbocycles. The summed E-state index contributed by atoms with van der Waals surface area (Å²) in [6.07, 6.45) is -0.619. The van der Waals surface area contributed by atoms with Crippen LogP contribution < -0.4 is 10.6 Å². The molecule has 1 aromatic carbocycles. The molecule has 0 saturated carbocycles. The Balaban J connectivity index is 1.78. The molecular formula is C19H21F3N4. The SMILES string of the molecule is C[C@H]1CCN1c1nc2c(c(-c3cccc(C(N)C(F)(F)F)c3)n1)CCC2. The number of aryl methyl sites for hydroxylation is 1. The normalized spacial score (nSPS) is 20.7. The van der Waals surface area contributed by atoms with Gasteiger partial charge in [-0.25, -0.2) is 9.97 Å². The lowest BCUT2D eigenvalue weighted by Crippen LogP contribution is -2.46. The van der Waals surface area contributed by atoms with Crippen LogP contribution in [0.4, 0.5) is 19.1 Å². The maximum Gasteiger partial charge on any atom is 0.407 e. The Hall–Kier alpha value is -2.15. The number of fused-ring (bicyclic) bond motifs is 1. The highest BCUT2D eigenvalue weighted by atomic mass is 19.4. The number of anilines is 1. The molecule has 1 unspecified atom stereocenters. The fraction of sp³-hybridized carbons (Fsp3) is 0.474. The molecule has 1 aromatic heterocycles. The molecule has 2 aromatic rings. The van der Waals surface area contributed by atoms with Crippen LogP contribution in [0.2, 0.25) is 0 Å². The minimum Gasteiger partial charge on any atom is -0.338 e. The van der Waals surface area contributed by atoms with Gasteiger partial charge in [0.1, 0.15) is 6.04 Å². The molecule has 26 heavy (non-hydrogen) atoms. The lowest BCUT2D eigenvalue weighted by atomic mass is 9.99. The van der Waals surface area contributed by atoms with E-state index in [4.69, 9.17) is 15.7 Å². The summed E-state index contributed by atoms with van der Waals surface area (Å²) in [5.41, 5.74) is 8.95. The van der Waals surface area contributed by atoms with Gasteiger partial charge in [-0.3, -0.25) is 0 Å². The Labute approximate surface area is 150 Å². The van der Waals surface area contributed by atoms with E-state index in [9.17, 15) is 13.2 Å². The molecule has 2 atom stereocenters. The number of nitrogens with two attached hydrogens (primary N) is 1. The van der Waals surface area contributed by atoms with Crippen molar-refractivity contribution in [2.45, 2.75) is 50.9 Å². The Kier molecular flexibility index (Phi) is 4.14. The van der Waals surface area contributed by atoms with E-state index in [1.54, 1.807) is 12.1 Å². The number of rotatable bonds is 3. The highest BCUT2D eigenvalue weighted by Gasteiger charge is 2.38. The van der Waals surface area contributed by atoms with Gasteiger partial charge in [0.25, 0.3) is 0 Å². The maximum absolute atomic E-state index is 13.0. The summed E-state index contributed by atoms with van der Waals surface area (Å²) in [6.45, 7) is 3.04. The number of benzene rings is 1. The number of aromatic nitrogens is 2. The maximum atomic E-state index is 13.0. The molecule has 1 saturated heterocycles. The molecule has 0 radical (unpaired) electrons. The summed E-state index contributed by atoms with van der Waals surface area (Å²) in [5.74, 6) is 0.685. The average Bonchev–Trinajstić information content (AvgIpc) is 3.07. The van der Waals surface area contributed by atoms with Crippen LogP contribution in [0, 0.1) is 0 Å². The van der Waals surface area contributed by atoms with Crippen molar-refractivity contribution in [2.24, 2.45) is 5.73 Å². The highest BCUT2D eigenvalue weighted by Crippen LogP contribution is 2.36. The number of alkyl halides is 3. The van der Waals surface area contributed by atoms with E-state index in [0.717, 1.165) is 49.2 Å². The fourth-order valence-electron chi connectivity index (χ4n) is 3.67. The van der Waals surface area contributed by atoms with Crippen LogP contribution in [-0.2, 0) is 12.8 Å². The van der Waals surface area contributed by atoms with Crippen molar-refractivity contribution in [1.82, 2.24) is 9.97 Å². The lowest BCUT2D eigenvalue weighted by Gasteiger charge is -2.39. The van der Waals surface area contributed by atoms with Crippen molar-refractivity contribution in [2.75, 3.05) is 11.4 Å². The van der Waals surface area contributed by atoms with Gasteiger partial charge in [0, 0.05) is 29.4 Å². The lowest BCUT2D eigenvalue weighted by molar-refractivity contribution is -0.149. The Morgan fingerprint density at radius 3 is 2.69 bits per heavy atom. The number of hydrogen-bond donors (Lipinski definition) is 1. The minimum atomic E-state index is -4.47. The number of hydrogen-bond acceptors (Lipinski definition) is 4. The monoisotopic (exact) mass is 362 g/mol. The second-order valence-corrected chi connectivity index (χ2v) is 7.13. The minimum absolute atomic E-state index is 0.0548. The first kappa shape index (κ1) is 17.3. The van der Waals surface area contributed by atoms with E-state index >= 15 is 0 Å². The van der Waals surface area contributed by atoms with E-state index < -0.39 is 12.2 Å². The summed E-state index contributed by atoms with van der Waals surface area (Å²) in [5, 5.41) is 0. The zero-order valence-electron chi connectivity index (χ0n) is 14.6. The summed E-state index contributed by atoms with van der Waals surface area (Å²) in [6, 6.07) is 4.76. The first-order valence-corrected chi connectivity index (χ1v) is 8.93. The molecule has 4 rings (SSSR count).